The van der Waals surface area contributed by atoms with Gasteiger partial charge in [-0.05, 0) is 19.9 Å². The molecule has 0 saturated heterocycles. The van der Waals surface area contributed by atoms with Crippen LogP contribution in [0.3, 0.4) is 0 Å². The SMILES string of the molecule is CCn1ncc(NC(=O)c2ccn(C(C)C(=O)O)n2)c1C(N)=O. The second-order valence-electron chi connectivity index (χ2n) is 4.74. The van der Waals surface area contributed by atoms with Crippen molar-refractivity contribution in [1.29, 1.82) is 0 Å². The molecular weight excluding hydrogens is 304 g/mol. The van der Waals surface area contributed by atoms with Gasteiger partial charge in [-0.25, -0.2) is 4.79 Å². The molecule has 0 aliphatic rings. The Morgan fingerprint density at radius 2 is 2.13 bits per heavy atom. The number of carbonyl (C=O) groups excluding carboxylic acids is 2. The van der Waals surface area contributed by atoms with Crippen LogP contribution in [0, 0.1) is 0 Å². The van der Waals surface area contributed by atoms with E-state index >= 15 is 0 Å². The number of amides is 2. The van der Waals surface area contributed by atoms with E-state index in [0.29, 0.717) is 6.54 Å². The van der Waals surface area contributed by atoms with Crippen LogP contribution < -0.4 is 11.1 Å². The number of nitrogens with zero attached hydrogens (tertiary/aromatic N) is 4. The number of aryl methyl sites for hydroxylation is 1. The van der Waals surface area contributed by atoms with Gasteiger partial charge in [0.05, 0.1) is 11.9 Å². The number of primary amides is 1. The molecule has 0 aliphatic carbocycles. The topological polar surface area (TPSA) is 145 Å². The lowest BCUT2D eigenvalue weighted by Crippen LogP contribution is -2.21. The molecule has 10 heteroatoms. The molecule has 0 fully saturated rings. The molecule has 23 heavy (non-hydrogen) atoms. The van der Waals surface area contributed by atoms with Gasteiger partial charge in [0, 0.05) is 12.7 Å². The van der Waals surface area contributed by atoms with Crippen LogP contribution in [0.2, 0.25) is 0 Å². The third-order valence-corrected chi connectivity index (χ3v) is 3.22. The first-order valence-electron chi connectivity index (χ1n) is 6.80. The molecule has 0 radical (unpaired) electrons. The summed E-state index contributed by atoms with van der Waals surface area (Å²) in [6, 6.07) is 0.476. The minimum absolute atomic E-state index is 0.0118. The summed E-state index contributed by atoms with van der Waals surface area (Å²) in [6.07, 6.45) is 2.70. The summed E-state index contributed by atoms with van der Waals surface area (Å²) in [7, 11) is 0. The van der Waals surface area contributed by atoms with Crippen molar-refractivity contribution in [2.45, 2.75) is 26.4 Å². The Kier molecular flexibility index (Phi) is 4.44. The molecule has 0 spiro atoms. The maximum Gasteiger partial charge on any atom is 0.328 e. The van der Waals surface area contributed by atoms with Gasteiger partial charge in [-0.2, -0.15) is 10.2 Å². The van der Waals surface area contributed by atoms with Crippen molar-refractivity contribution in [3.63, 3.8) is 0 Å². The van der Waals surface area contributed by atoms with Crippen molar-refractivity contribution >= 4 is 23.5 Å². The summed E-state index contributed by atoms with van der Waals surface area (Å²) in [5.74, 6) is -2.38. The van der Waals surface area contributed by atoms with Crippen molar-refractivity contribution in [2.75, 3.05) is 5.32 Å². The van der Waals surface area contributed by atoms with Crippen LogP contribution in [0.25, 0.3) is 0 Å². The van der Waals surface area contributed by atoms with E-state index in [-0.39, 0.29) is 17.1 Å². The van der Waals surface area contributed by atoms with Crippen LogP contribution >= 0.6 is 0 Å². The summed E-state index contributed by atoms with van der Waals surface area (Å²) >= 11 is 0. The molecule has 2 aromatic rings. The standard InChI is InChI=1S/C13H16N6O4/c1-3-18-10(11(14)20)9(6-15-18)16-12(21)8-4-5-19(17-8)7(2)13(22)23/h4-7H,3H2,1-2H3,(H2,14,20)(H,16,21)(H,22,23). The highest BCUT2D eigenvalue weighted by atomic mass is 16.4. The molecule has 2 heterocycles. The van der Waals surface area contributed by atoms with E-state index in [2.05, 4.69) is 15.5 Å². The molecule has 2 aromatic heterocycles. The number of carbonyl (C=O) groups is 3. The smallest absolute Gasteiger partial charge is 0.328 e. The fourth-order valence-electron chi connectivity index (χ4n) is 1.95. The fourth-order valence-corrected chi connectivity index (χ4v) is 1.95. The van der Waals surface area contributed by atoms with Gasteiger partial charge in [-0.3, -0.25) is 19.0 Å². The highest BCUT2D eigenvalue weighted by molar-refractivity contribution is 6.07. The minimum atomic E-state index is -1.07. The number of carboxylic acids is 1. The van der Waals surface area contributed by atoms with E-state index < -0.39 is 23.8 Å². The number of hydrogen-bond acceptors (Lipinski definition) is 5. The minimum Gasteiger partial charge on any atom is -0.480 e. The molecular formula is C13H16N6O4. The Hall–Kier alpha value is -3.17. The van der Waals surface area contributed by atoms with Crippen LogP contribution in [0.1, 0.15) is 40.9 Å². The second kappa shape index (κ2) is 6.30. The number of anilines is 1. The van der Waals surface area contributed by atoms with Crippen LogP contribution in [-0.2, 0) is 11.3 Å². The van der Waals surface area contributed by atoms with Crippen LogP contribution in [-0.4, -0.2) is 42.5 Å². The number of aromatic nitrogens is 4. The van der Waals surface area contributed by atoms with E-state index in [0.717, 1.165) is 4.68 Å². The third kappa shape index (κ3) is 3.20. The number of aliphatic carboxylic acids is 1. The van der Waals surface area contributed by atoms with Crippen molar-refractivity contribution in [3.8, 4) is 0 Å². The third-order valence-electron chi connectivity index (χ3n) is 3.22. The van der Waals surface area contributed by atoms with Gasteiger partial charge in [-0.15, -0.1) is 0 Å². The molecule has 4 N–H and O–H groups in total. The fraction of sp³-hybridized carbons (Fsp3) is 0.308. The maximum atomic E-state index is 12.2. The van der Waals surface area contributed by atoms with E-state index in [1.165, 1.54) is 30.1 Å². The highest BCUT2D eigenvalue weighted by Crippen LogP contribution is 2.16. The summed E-state index contributed by atoms with van der Waals surface area (Å²) in [5.41, 5.74) is 5.56. The summed E-state index contributed by atoms with van der Waals surface area (Å²) in [4.78, 5) is 34.5. The van der Waals surface area contributed by atoms with E-state index in [1.807, 2.05) is 0 Å². The molecule has 122 valence electrons. The number of carboxylic acid groups (broad SMARTS) is 1. The first-order valence-corrected chi connectivity index (χ1v) is 6.80. The largest absolute Gasteiger partial charge is 0.480 e. The molecule has 0 aliphatic heterocycles. The zero-order valence-electron chi connectivity index (χ0n) is 12.6. The highest BCUT2D eigenvalue weighted by Gasteiger charge is 2.20. The molecule has 0 saturated carbocycles. The van der Waals surface area contributed by atoms with Crippen LogP contribution in [0.15, 0.2) is 18.5 Å². The molecule has 1 atom stereocenters. The lowest BCUT2D eigenvalue weighted by Gasteiger charge is -2.06. The predicted molar refractivity (Wildman–Crippen MR) is 78.9 cm³/mol. The Morgan fingerprint density at radius 1 is 1.43 bits per heavy atom. The monoisotopic (exact) mass is 320 g/mol. The normalized spacial score (nSPS) is 11.9. The first-order chi connectivity index (χ1) is 10.8. The Balaban J connectivity index is 2.22. The van der Waals surface area contributed by atoms with Gasteiger partial charge in [-0.1, -0.05) is 0 Å². The van der Waals surface area contributed by atoms with Gasteiger partial charge >= 0.3 is 5.97 Å². The van der Waals surface area contributed by atoms with Gasteiger partial charge < -0.3 is 16.2 Å². The number of hydrogen-bond donors (Lipinski definition) is 3. The number of rotatable bonds is 6. The van der Waals surface area contributed by atoms with Gasteiger partial charge in [0.15, 0.2) is 5.69 Å². The van der Waals surface area contributed by atoms with Crippen LogP contribution in [0.5, 0.6) is 0 Å². The van der Waals surface area contributed by atoms with E-state index in [1.54, 1.807) is 6.92 Å². The maximum absolute atomic E-state index is 12.2. The van der Waals surface area contributed by atoms with Crippen LogP contribution in [0.4, 0.5) is 5.69 Å². The van der Waals surface area contributed by atoms with E-state index in [9.17, 15) is 14.4 Å². The number of nitrogens with two attached hydrogens (primary N) is 1. The summed E-state index contributed by atoms with van der Waals surface area (Å²) < 4.78 is 2.52. The molecule has 10 nitrogen and oxygen atoms in total. The lowest BCUT2D eigenvalue weighted by molar-refractivity contribution is -0.140. The summed E-state index contributed by atoms with van der Waals surface area (Å²) in [5, 5.41) is 19.3. The molecule has 1 unspecified atom stereocenters. The van der Waals surface area contributed by atoms with Crippen molar-refractivity contribution in [1.82, 2.24) is 19.6 Å². The van der Waals surface area contributed by atoms with Gasteiger partial charge in [0.25, 0.3) is 11.8 Å². The average molecular weight is 320 g/mol. The first kappa shape index (κ1) is 16.2. The molecule has 0 bridgehead atoms. The quantitative estimate of drug-likeness (QED) is 0.688. The Morgan fingerprint density at radius 3 is 2.70 bits per heavy atom. The molecule has 0 aromatic carbocycles. The van der Waals surface area contributed by atoms with E-state index in [4.69, 9.17) is 10.8 Å². The zero-order chi connectivity index (χ0) is 17.1. The van der Waals surface area contributed by atoms with Crippen molar-refractivity contribution in [3.05, 3.63) is 29.8 Å². The zero-order valence-corrected chi connectivity index (χ0v) is 12.6. The average Bonchev–Trinajstić information content (AvgIpc) is 3.12. The Bertz CT molecular complexity index is 762. The predicted octanol–water partition coefficient (Wildman–Crippen LogP) is 0.0963. The summed E-state index contributed by atoms with van der Waals surface area (Å²) in [6.45, 7) is 3.63. The number of nitrogens with one attached hydrogen (secondary N) is 1. The van der Waals surface area contributed by atoms with Gasteiger partial charge in [0.1, 0.15) is 11.7 Å². The second-order valence-corrected chi connectivity index (χ2v) is 4.74. The van der Waals surface area contributed by atoms with Crippen molar-refractivity contribution < 1.29 is 19.5 Å². The van der Waals surface area contributed by atoms with Gasteiger partial charge in [0.2, 0.25) is 0 Å². The molecule has 2 amide bonds. The Labute approximate surface area is 130 Å². The van der Waals surface area contributed by atoms with Crippen molar-refractivity contribution in [2.24, 2.45) is 5.73 Å². The lowest BCUT2D eigenvalue weighted by atomic mass is 10.3. The molecule has 2 rings (SSSR count).